The standard InChI is InChI=1S/C13H22N2O2S3/c1-14-9-12-13(7-8-19-12)20(16,17)15-10-3-5-11(18-2)6-4-10/h7-8,10-11,14-15H,3-6,9H2,1-2H3. The molecule has 0 aromatic carbocycles. The molecule has 1 aliphatic rings. The molecule has 20 heavy (non-hydrogen) atoms. The predicted molar refractivity (Wildman–Crippen MR) is 87.0 cm³/mol. The first-order valence-corrected chi connectivity index (χ1v) is 10.5. The zero-order valence-electron chi connectivity index (χ0n) is 11.9. The van der Waals surface area contributed by atoms with Crippen LogP contribution in [0.5, 0.6) is 0 Å². The Morgan fingerprint density at radius 1 is 1.35 bits per heavy atom. The van der Waals surface area contributed by atoms with Crippen molar-refractivity contribution in [1.82, 2.24) is 10.0 Å². The second kappa shape index (κ2) is 7.26. The van der Waals surface area contributed by atoms with Crippen LogP contribution in [0.25, 0.3) is 0 Å². The van der Waals surface area contributed by atoms with Crippen LogP contribution in [-0.4, -0.2) is 33.0 Å². The van der Waals surface area contributed by atoms with Gasteiger partial charge in [0, 0.05) is 22.7 Å². The van der Waals surface area contributed by atoms with E-state index in [0.717, 1.165) is 30.6 Å². The Morgan fingerprint density at radius 3 is 2.65 bits per heavy atom. The SMILES string of the molecule is CNCc1sccc1S(=O)(=O)NC1CCC(SC)CC1. The molecule has 0 spiro atoms. The van der Waals surface area contributed by atoms with Crippen molar-refractivity contribution in [3.8, 4) is 0 Å². The first-order valence-electron chi connectivity index (χ1n) is 6.83. The smallest absolute Gasteiger partial charge is 0.241 e. The highest BCUT2D eigenvalue weighted by molar-refractivity contribution is 7.99. The average Bonchev–Trinajstić information content (AvgIpc) is 2.89. The molecule has 1 aromatic heterocycles. The lowest BCUT2D eigenvalue weighted by atomic mass is 9.96. The van der Waals surface area contributed by atoms with Gasteiger partial charge in [-0.05, 0) is 50.4 Å². The third-order valence-electron chi connectivity index (χ3n) is 3.66. The Hall–Kier alpha value is -0.0800. The molecule has 0 amide bonds. The Kier molecular flexibility index (Phi) is 5.92. The van der Waals surface area contributed by atoms with Crippen LogP contribution < -0.4 is 10.0 Å². The van der Waals surface area contributed by atoms with Gasteiger partial charge in [-0.25, -0.2) is 13.1 Å². The summed E-state index contributed by atoms with van der Waals surface area (Å²) in [5, 5.41) is 5.55. The van der Waals surface area contributed by atoms with E-state index in [1.54, 1.807) is 6.07 Å². The van der Waals surface area contributed by atoms with Gasteiger partial charge in [0.15, 0.2) is 0 Å². The van der Waals surface area contributed by atoms with Crippen molar-refractivity contribution >= 4 is 33.1 Å². The van der Waals surface area contributed by atoms with Crippen LogP contribution in [0.3, 0.4) is 0 Å². The molecule has 0 radical (unpaired) electrons. The summed E-state index contributed by atoms with van der Waals surface area (Å²) in [5.41, 5.74) is 0. The summed E-state index contributed by atoms with van der Waals surface area (Å²) in [4.78, 5) is 1.31. The fraction of sp³-hybridized carbons (Fsp3) is 0.692. The van der Waals surface area contributed by atoms with E-state index >= 15 is 0 Å². The molecule has 0 unspecified atom stereocenters. The van der Waals surface area contributed by atoms with E-state index in [1.165, 1.54) is 11.3 Å². The Balaban J connectivity index is 2.02. The normalized spacial score (nSPS) is 23.9. The van der Waals surface area contributed by atoms with Crippen LogP contribution in [0, 0.1) is 0 Å². The molecule has 7 heteroatoms. The quantitative estimate of drug-likeness (QED) is 0.839. The molecule has 0 saturated heterocycles. The number of thioether (sulfide) groups is 1. The van der Waals surface area contributed by atoms with Gasteiger partial charge in [0.05, 0.1) is 4.90 Å². The number of nitrogens with one attached hydrogen (secondary N) is 2. The van der Waals surface area contributed by atoms with Gasteiger partial charge in [-0.3, -0.25) is 0 Å². The largest absolute Gasteiger partial charge is 0.315 e. The fourth-order valence-corrected chi connectivity index (χ4v) is 6.06. The van der Waals surface area contributed by atoms with E-state index in [0.29, 0.717) is 16.7 Å². The van der Waals surface area contributed by atoms with Crippen molar-refractivity contribution in [3.05, 3.63) is 16.3 Å². The molecular formula is C13H22N2O2S3. The summed E-state index contributed by atoms with van der Waals surface area (Å²) in [6.07, 6.45) is 6.21. The average molecular weight is 335 g/mol. The molecule has 4 nitrogen and oxygen atoms in total. The molecule has 0 bridgehead atoms. The molecule has 114 valence electrons. The molecule has 2 rings (SSSR count). The molecule has 1 saturated carbocycles. The summed E-state index contributed by atoms with van der Waals surface area (Å²) in [6.45, 7) is 0.590. The van der Waals surface area contributed by atoms with E-state index in [4.69, 9.17) is 0 Å². The van der Waals surface area contributed by atoms with E-state index in [-0.39, 0.29) is 6.04 Å². The first-order chi connectivity index (χ1) is 9.56. The summed E-state index contributed by atoms with van der Waals surface area (Å²) >= 11 is 3.37. The minimum atomic E-state index is -3.38. The van der Waals surface area contributed by atoms with Crippen molar-refractivity contribution in [3.63, 3.8) is 0 Å². The number of hydrogen-bond acceptors (Lipinski definition) is 5. The van der Waals surface area contributed by atoms with Gasteiger partial charge in [-0.15, -0.1) is 11.3 Å². The highest BCUT2D eigenvalue weighted by atomic mass is 32.2. The molecule has 1 heterocycles. The van der Waals surface area contributed by atoms with Crippen LogP contribution in [0.15, 0.2) is 16.3 Å². The molecule has 1 aromatic rings. The van der Waals surface area contributed by atoms with Gasteiger partial charge < -0.3 is 5.32 Å². The van der Waals surface area contributed by atoms with Crippen LogP contribution in [-0.2, 0) is 16.6 Å². The van der Waals surface area contributed by atoms with Gasteiger partial charge in [0.25, 0.3) is 0 Å². The van der Waals surface area contributed by atoms with Crippen molar-refractivity contribution < 1.29 is 8.42 Å². The maximum atomic E-state index is 12.5. The van der Waals surface area contributed by atoms with Crippen molar-refractivity contribution in [2.24, 2.45) is 0 Å². The van der Waals surface area contributed by atoms with Gasteiger partial charge in [0.1, 0.15) is 0 Å². The molecular weight excluding hydrogens is 312 g/mol. The van der Waals surface area contributed by atoms with E-state index in [1.807, 2.05) is 24.2 Å². The lowest BCUT2D eigenvalue weighted by molar-refractivity contribution is 0.420. The second-order valence-electron chi connectivity index (χ2n) is 5.07. The fourth-order valence-electron chi connectivity index (χ4n) is 2.56. The number of hydrogen-bond donors (Lipinski definition) is 2. The lowest BCUT2D eigenvalue weighted by Crippen LogP contribution is -2.38. The highest BCUT2D eigenvalue weighted by Crippen LogP contribution is 2.28. The third-order valence-corrected chi connectivity index (χ3v) is 7.45. The minimum absolute atomic E-state index is 0.0886. The van der Waals surface area contributed by atoms with E-state index < -0.39 is 10.0 Å². The Labute approximate surface area is 129 Å². The summed E-state index contributed by atoms with van der Waals surface area (Å²) in [6, 6.07) is 1.79. The van der Waals surface area contributed by atoms with Crippen LogP contribution in [0.2, 0.25) is 0 Å². The first kappa shape index (κ1) is 16.3. The van der Waals surface area contributed by atoms with Crippen molar-refractivity contribution in [2.75, 3.05) is 13.3 Å². The zero-order valence-corrected chi connectivity index (χ0v) is 14.3. The molecule has 1 aliphatic carbocycles. The predicted octanol–water partition coefficient (Wildman–Crippen LogP) is 2.42. The third kappa shape index (κ3) is 3.98. The van der Waals surface area contributed by atoms with E-state index in [9.17, 15) is 8.42 Å². The van der Waals surface area contributed by atoms with Gasteiger partial charge >= 0.3 is 0 Å². The number of thiophene rings is 1. The Morgan fingerprint density at radius 2 is 2.05 bits per heavy atom. The van der Waals surface area contributed by atoms with Crippen molar-refractivity contribution in [2.45, 2.75) is 48.4 Å². The maximum Gasteiger partial charge on any atom is 0.241 e. The Bertz CT molecular complexity index is 519. The number of sulfonamides is 1. The summed E-state index contributed by atoms with van der Waals surface area (Å²) in [7, 11) is -1.55. The van der Waals surface area contributed by atoms with Gasteiger partial charge in [0.2, 0.25) is 10.0 Å². The van der Waals surface area contributed by atoms with Gasteiger partial charge in [-0.1, -0.05) is 0 Å². The monoisotopic (exact) mass is 334 g/mol. The number of rotatable bonds is 6. The summed E-state index contributed by atoms with van der Waals surface area (Å²) < 4.78 is 27.8. The van der Waals surface area contributed by atoms with E-state index in [2.05, 4.69) is 16.3 Å². The molecule has 1 fully saturated rings. The molecule has 2 N–H and O–H groups in total. The van der Waals surface area contributed by atoms with Crippen molar-refractivity contribution in [1.29, 1.82) is 0 Å². The van der Waals surface area contributed by atoms with Gasteiger partial charge in [-0.2, -0.15) is 11.8 Å². The molecule has 0 aliphatic heterocycles. The maximum absolute atomic E-state index is 12.5. The minimum Gasteiger partial charge on any atom is -0.315 e. The summed E-state index contributed by atoms with van der Waals surface area (Å²) in [5.74, 6) is 0. The van der Waals surface area contributed by atoms with Crippen LogP contribution in [0.1, 0.15) is 30.6 Å². The molecule has 0 atom stereocenters. The highest BCUT2D eigenvalue weighted by Gasteiger charge is 2.27. The second-order valence-corrected chi connectivity index (χ2v) is 8.89. The zero-order chi connectivity index (χ0) is 14.6. The van der Waals surface area contributed by atoms with Crippen LogP contribution >= 0.6 is 23.1 Å². The van der Waals surface area contributed by atoms with Crippen LogP contribution in [0.4, 0.5) is 0 Å². The lowest BCUT2D eigenvalue weighted by Gasteiger charge is -2.27. The topological polar surface area (TPSA) is 58.2 Å².